The lowest BCUT2D eigenvalue weighted by molar-refractivity contribution is -0.118. The maximum absolute atomic E-state index is 12.3. The lowest BCUT2D eigenvalue weighted by atomic mass is 10.1. The minimum Gasteiger partial charge on any atom is -0.395 e. The van der Waals surface area contributed by atoms with Crippen LogP contribution in [0.3, 0.4) is 0 Å². The monoisotopic (exact) mass is 323 g/mol. The number of para-hydroxylation sites is 1. The van der Waals surface area contributed by atoms with Gasteiger partial charge in [0.05, 0.1) is 11.4 Å². The standard InChI is InChI=1S/C17H17N5O2/c1-11-14(18)15(21-17(24)20-11)16(23)19-10-12-6-2-3-7-13(12)22-8-4-5-9-22/h2-9H,1,10,18H2,(H,19,23)(H2,20,21,24). The number of benzene rings is 1. The van der Waals surface area contributed by atoms with Gasteiger partial charge in [-0.15, -0.1) is 0 Å². The topological polar surface area (TPSA) is 101 Å². The zero-order valence-electron chi connectivity index (χ0n) is 12.9. The van der Waals surface area contributed by atoms with E-state index in [9.17, 15) is 9.59 Å². The predicted octanol–water partition coefficient (Wildman–Crippen LogP) is 1.09. The molecule has 1 aromatic carbocycles. The molecular formula is C17H17N5O2. The summed E-state index contributed by atoms with van der Waals surface area (Å²) in [6.07, 6.45) is 3.86. The van der Waals surface area contributed by atoms with Crippen LogP contribution in [0.1, 0.15) is 5.56 Å². The normalized spacial score (nSPS) is 14.2. The minimum absolute atomic E-state index is 0.00203. The van der Waals surface area contributed by atoms with E-state index < -0.39 is 11.9 Å². The van der Waals surface area contributed by atoms with Gasteiger partial charge in [-0.25, -0.2) is 4.79 Å². The molecule has 3 rings (SSSR count). The Morgan fingerprint density at radius 2 is 1.88 bits per heavy atom. The molecule has 0 bridgehead atoms. The quantitative estimate of drug-likeness (QED) is 0.677. The Morgan fingerprint density at radius 3 is 2.62 bits per heavy atom. The number of carbonyl (C=O) groups is 2. The second-order valence-corrected chi connectivity index (χ2v) is 5.25. The van der Waals surface area contributed by atoms with Crippen molar-refractivity contribution in [3.05, 3.63) is 78.0 Å². The van der Waals surface area contributed by atoms with Gasteiger partial charge in [-0.05, 0) is 23.8 Å². The highest BCUT2D eigenvalue weighted by atomic mass is 16.2. The number of nitrogens with one attached hydrogen (secondary N) is 3. The Balaban J connectivity index is 1.77. The molecule has 1 aliphatic rings. The fourth-order valence-electron chi connectivity index (χ4n) is 2.42. The van der Waals surface area contributed by atoms with E-state index in [1.54, 1.807) is 0 Å². The molecule has 0 fully saturated rings. The number of carbonyl (C=O) groups excluding carboxylic acids is 2. The summed E-state index contributed by atoms with van der Waals surface area (Å²) in [6.45, 7) is 3.90. The van der Waals surface area contributed by atoms with Gasteiger partial charge >= 0.3 is 6.03 Å². The fourth-order valence-corrected chi connectivity index (χ4v) is 2.42. The Kier molecular flexibility index (Phi) is 4.07. The van der Waals surface area contributed by atoms with E-state index in [0.717, 1.165) is 11.3 Å². The van der Waals surface area contributed by atoms with E-state index in [0.29, 0.717) is 6.54 Å². The van der Waals surface area contributed by atoms with Crippen molar-refractivity contribution in [1.29, 1.82) is 0 Å². The smallest absolute Gasteiger partial charge is 0.323 e. The van der Waals surface area contributed by atoms with Crippen molar-refractivity contribution in [1.82, 2.24) is 20.5 Å². The maximum atomic E-state index is 12.3. The molecule has 2 heterocycles. The maximum Gasteiger partial charge on any atom is 0.323 e. The fraction of sp³-hybridized carbons (Fsp3) is 0.0588. The summed E-state index contributed by atoms with van der Waals surface area (Å²) in [4.78, 5) is 23.8. The van der Waals surface area contributed by atoms with Gasteiger partial charge in [-0.1, -0.05) is 24.8 Å². The molecule has 0 atom stereocenters. The lowest BCUT2D eigenvalue weighted by Crippen LogP contribution is -2.46. The Morgan fingerprint density at radius 1 is 1.17 bits per heavy atom. The molecule has 0 saturated carbocycles. The average molecular weight is 323 g/mol. The van der Waals surface area contributed by atoms with Crippen molar-refractivity contribution in [2.75, 3.05) is 0 Å². The summed E-state index contributed by atoms with van der Waals surface area (Å²) in [7, 11) is 0. The Hall–Kier alpha value is -3.48. The van der Waals surface area contributed by atoms with Crippen molar-refractivity contribution in [3.8, 4) is 5.69 Å². The summed E-state index contributed by atoms with van der Waals surface area (Å²) >= 11 is 0. The van der Waals surface area contributed by atoms with E-state index in [1.807, 2.05) is 53.4 Å². The minimum atomic E-state index is -0.535. The molecule has 0 saturated heterocycles. The van der Waals surface area contributed by atoms with Crippen LogP contribution in [-0.4, -0.2) is 16.5 Å². The molecular weight excluding hydrogens is 306 g/mol. The van der Waals surface area contributed by atoms with Crippen molar-refractivity contribution in [2.24, 2.45) is 5.73 Å². The molecule has 122 valence electrons. The molecule has 5 N–H and O–H groups in total. The number of urea groups is 1. The van der Waals surface area contributed by atoms with Crippen LogP contribution < -0.4 is 21.7 Å². The van der Waals surface area contributed by atoms with E-state index >= 15 is 0 Å². The molecule has 1 aromatic heterocycles. The van der Waals surface area contributed by atoms with Gasteiger partial charge < -0.3 is 26.3 Å². The number of hydrogen-bond acceptors (Lipinski definition) is 3. The molecule has 3 amide bonds. The summed E-state index contributed by atoms with van der Waals surface area (Å²) < 4.78 is 1.96. The van der Waals surface area contributed by atoms with Gasteiger partial charge in [0.2, 0.25) is 0 Å². The van der Waals surface area contributed by atoms with E-state index in [1.165, 1.54) is 0 Å². The molecule has 0 radical (unpaired) electrons. The summed E-state index contributed by atoms with van der Waals surface area (Å²) in [6, 6.07) is 11.0. The van der Waals surface area contributed by atoms with Crippen molar-refractivity contribution in [2.45, 2.75) is 6.54 Å². The molecule has 0 aliphatic carbocycles. The van der Waals surface area contributed by atoms with Gasteiger partial charge in [0, 0.05) is 24.6 Å². The van der Waals surface area contributed by atoms with Crippen molar-refractivity contribution < 1.29 is 9.59 Å². The van der Waals surface area contributed by atoms with Gasteiger partial charge in [0.25, 0.3) is 5.91 Å². The van der Waals surface area contributed by atoms with Crippen LogP contribution in [0.5, 0.6) is 0 Å². The van der Waals surface area contributed by atoms with Crippen molar-refractivity contribution in [3.63, 3.8) is 0 Å². The molecule has 0 spiro atoms. The lowest BCUT2D eigenvalue weighted by Gasteiger charge is -2.21. The molecule has 24 heavy (non-hydrogen) atoms. The highest BCUT2D eigenvalue weighted by Gasteiger charge is 2.23. The highest BCUT2D eigenvalue weighted by molar-refractivity contribution is 6.00. The summed E-state index contributed by atoms with van der Waals surface area (Å²) in [5.41, 5.74) is 8.02. The van der Waals surface area contributed by atoms with Crippen LogP contribution >= 0.6 is 0 Å². The Bertz CT molecular complexity index is 836. The molecule has 1 aliphatic heterocycles. The third kappa shape index (κ3) is 3.00. The first-order chi connectivity index (χ1) is 11.6. The van der Waals surface area contributed by atoms with Gasteiger partial charge in [0.15, 0.2) is 0 Å². The van der Waals surface area contributed by atoms with Gasteiger partial charge in [-0.3, -0.25) is 4.79 Å². The van der Waals surface area contributed by atoms with E-state index in [2.05, 4.69) is 22.5 Å². The number of amides is 3. The first-order valence-electron chi connectivity index (χ1n) is 7.32. The SMILES string of the molecule is C=C1NC(=O)NC(C(=O)NCc2ccccc2-n2cccc2)=C1N. The average Bonchev–Trinajstić information content (AvgIpc) is 3.10. The second kappa shape index (κ2) is 6.33. The first-order valence-corrected chi connectivity index (χ1v) is 7.32. The largest absolute Gasteiger partial charge is 0.395 e. The number of aromatic nitrogens is 1. The van der Waals surface area contributed by atoms with Crippen LogP contribution in [0.15, 0.2) is 72.5 Å². The first kappa shape index (κ1) is 15.4. The van der Waals surface area contributed by atoms with E-state index in [-0.39, 0.29) is 17.1 Å². The number of nitrogens with two attached hydrogens (primary N) is 1. The molecule has 7 nitrogen and oxygen atoms in total. The molecule has 7 heteroatoms. The van der Waals surface area contributed by atoms with Gasteiger partial charge in [0.1, 0.15) is 5.70 Å². The zero-order valence-corrected chi connectivity index (χ0v) is 12.9. The van der Waals surface area contributed by atoms with Crippen LogP contribution in [-0.2, 0) is 11.3 Å². The zero-order chi connectivity index (χ0) is 17.1. The van der Waals surface area contributed by atoms with Crippen LogP contribution in [0.4, 0.5) is 4.79 Å². The number of rotatable bonds is 4. The highest BCUT2D eigenvalue weighted by Crippen LogP contribution is 2.15. The molecule has 0 unspecified atom stereocenters. The third-order valence-electron chi connectivity index (χ3n) is 3.64. The van der Waals surface area contributed by atoms with Crippen molar-refractivity contribution >= 4 is 11.9 Å². The van der Waals surface area contributed by atoms with Gasteiger partial charge in [-0.2, -0.15) is 0 Å². The van der Waals surface area contributed by atoms with Crippen LogP contribution in [0.2, 0.25) is 0 Å². The molecule has 2 aromatic rings. The second-order valence-electron chi connectivity index (χ2n) is 5.25. The number of hydrogen-bond donors (Lipinski definition) is 4. The summed E-state index contributed by atoms with van der Waals surface area (Å²) in [5, 5.41) is 7.57. The van der Waals surface area contributed by atoms with Crippen LogP contribution in [0.25, 0.3) is 5.69 Å². The third-order valence-corrected chi connectivity index (χ3v) is 3.64. The van der Waals surface area contributed by atoms with Crippen LogP contribution in [0, 0.1) is 0 Å². The number of nitrogens with zero attached hydrogens (tertiary/aromatic N) is 1. The predicted molar refractivity (Wildman–Crippen MR) is 89.6 cm³/mol. The van der Waals surface area contributed by atoms with E-state index in [4.69, 9.17) is 5.73 Å². The Labute approximate surface area is 138 Å². The summed E-state index contributed by atoms with van der Waals surface area (Å²) in [5.74, 6) is -0.467.